The molecular weight excluding hydrogens is 453 g/mol. The van der Waals surface area contributed by atoms with E-state index < -0.39 is 44.0 Å². The molecule has 0 saturated heterocycles. The molecule has 0 bridgehead atoms. The average Bonchev–Trinajstić information content (AvgIpc) is 2.68. The molecule has 0 amide bonds. The standard InChI is InChI=1S/C22H18F5NO3S/c1-13(2)31-18-9-15(8-17(23)12-18)14-6-7-20(24)21(10-14)28-32(29,30)19-5-3-4-16(11-19)22(25,26)27/h3-13,28H,1-2H3. The van der Waals surface area contributed by atoms with Gasteiger partial charge in [0.15, 0.2) is 0 Å². The molecule has 0 aromatic heterocycles. The van der Waals surface area contributed by atoms with Gasteiger partial charge in [-0.1, -0.05) is 12.1 Å². The number of nitrogens with one attached hydrogen (secondary N) is 1. The summed E-state index contributed by atoms with van der Waals surface area (Å²) in [6.45, 7) is 3.51. The molecule has 10 heteroatoms. The first-order valence-corrected chi connectivity index (χ1v) is 10.8. The summed E-state index contributed by atoms with van der Waals surface area (Å²) >= 11 is 0. The quantitative estimate of drug-likeness (QED) is 0.433. The van der Waals surface area contributed by atoms with E-state index in [0.717, 1.165) is 36.4 Å². The molecule has 0 aliphatic carbocycles. The van der Waals surface area contributed by atoms with Gasteiger partial charge >= 0.3 is 6.18 Å². The molecule has 1 N–H and O–H groups in total. The van der Waals surface area contributed by atoms with Gasteiger partial charge in [0.2, 0.25) is 0 Å². The molecule has 0 saturated carbocycles. The SMILES string of the molecule is CC(C)Oc1cc(F)cc(-c2ccc(F)c(NS(=O)(=O)c3cccc(C(F)(F)F)c3)c2)c1. The second-order valence-electron chi connectivity index (χ2n) is 7.17. The van der Waals surface area contributed by atoms with Gasteiger partial charge in [-0.3, -0.25) is 4.72 Å². The van der Waals surface area contributed by atoms with E-state index in [9.17, 15) is 30.4 Å². The Balaban J connectivity index is 1.98. The zero-order chi connectivity index (χ0) is 23.7. The molecule has 3 rings (SSSR count). The van der Waals surface area contributed by atoms with Gasteiger partial charge in [0.05, 0.1) is 22.3 Å². The third-order valence-corrected chi connectivity index (χ3v) is 5.62. The van der Waals surface area contributed by atoms with Crippen molar-refractivity contribution in [1.82, 2.24) is 0 Å². The first kappa shape index (κ1) is 23.5. The largest absolute Gasteiger partial charge is 0.491 e. The van der Waals surface area contributed by atoms with E-state index in [2.05, 4.69) is 0 Å². The Morgan fingerprint density at radius 2 is 1.62 bits per heavy atom. The van der Waals surface area contributed by atoms with Gasteiger partial charge in [-0.05, 0) is 67.4 Å². The van der Waals surface area contributed by atoms with E-state index in [-0.39, 0.29) is 17.4 Å². The number of ether oxygens (including phenoxy) is 1. The minimum absolute atomic E-state index is 0.227. The average molecular weight is 471 g/mol. The van der Waals surface area contributed by atoms with Crippen molar-refractivity contribution in [2.24, 2.45) is 0 Å². The van der Waals surface area contributed by atoms with Gasteiger partial charge in [-0.25, -0.2) is 17.2 Å². The first-order chi connectivity index (χ1) is 14.8. The van der Waals surface area contributed by atoms with Crippen molar-refractivity contribution in [3.8, 4) is 16.9 Å². The van der Waals surface area contributed by atoms with Crippen LogP contribution in [-0.2, 0) is 16.2 Å². The van der Waals surface area contributed by atoms with Crippen LogP contribution in [0.25, 0.3) is 11.1 Å². The summed E-state index contributed by atoms with van der Waals surface area (Å²) in [5, 5.41) is 0. The maximum absolute atomic E-state index is 14.3. The lowest BCUT2D eigenvalue weighted by Crippen LogP contribution is -2.15. The maximum Gasteiger partial charge on any atom is 0.416 e. The molecule has 3 aromatic carbocycles. The number of hydrogen-bond donors (Lipinski definition) is 1. The molecule has 4 nitrogen and oxygen atoms in total. The van der Waals surface area contributed by atoms with Crippen LogP contribution in [0, 0.1) is 11.6 Å². The van der Waals surface area contributed by atoms with Crippen molar-refractivity contribution < 1.29 is 35.1 Å². The molecular formula is C22H18F5NO3S. The Morgan fingerprint density at radius 1 is 0.906 bits per heavy atom. The van der Waals surface area contributed by atoms with Crippen molar-refractivity contribution in [3.05, 3.63) is 77.9 Å². The molecule has 32 heavy (non-hydrogen) atoms. The van der Waals surface area contributed by atoms with Crippen LogP contribution in [0.1, 0.15) is 19.4 Å². The van der Waals surface area contributed by atoms with Crippen molar-refractivity contribution in [1.29, 1.82) is 0 Å². The summed E-state index contributed by atoms with van der Waals surface area (Å²) in [5.74, 6) is -1.35. The Labute approximate surface area is 181 Å². The summed E-state index contributed by atoms with van der Waals surface area (Å²) < 4.78 is 99.7. The molecule has 3 aromatic rings. The van der Waals surface area contributed by atoms with Crippen molar-refractivity contribution >= 4 is 15.7 Å². The number of anilines is 1. The fourth-order valence-corrected chi connectivity index (χ4v) is 4.00. The maximum atomic E-state index is 14.3. The minimum atomic E-state index is -4.75. The molecule has 0 radical (unpaired) electrons. The molecule has 0 aliphatic heterocycles. The number of alkyl halides is 3. The van der Waals surface area contributed by atoms with Gasteiger partial charge in [0.25, 0.3) is 10.0 Å². The van der Waals surface area contributed by atoms with Gasteiger partial charge < -0.3 is 4.74 Å². The Bertz CT molecular complexity index is 1240. The number of rotatable bonds is 6. The van der Waals surface area contributed by atoms with Crippen LogP contribution in [0.2, 0.25) is 0 Å². The zero-order valence-corrected chi connectivity index (χ0v) is 17.7. The van der Waals surface area contributed by atoms with E-state index in [4.69, 9.17) is 4.74 Å². The van der Waals surface area contributed by atoms with Crippen LogP contribution in [0.15, 0.2) is 65.6 Å². The highest BCUT2D eigenvalue weighted by Crippen LogP contribution is 2.32. The summed E-state index contributed by atoms with van der Waals surface area (Å²) in [4.78, 5) is -0.685. The summed E-state index contributed by atoms with van der Waals surface area (Å²) in [6, 6.07) is 10.3. The smallest absolute Gasteiger partial charge is 0.416 e. The molecule has 0 unspecified atom stereocenters. The molecule has 170 valence electrons. The van der Waals surface area contributed by atoms with E-state index in [1.807, 2.05) is 4.72 Å². The summed E-state index contributed by atoms with van der Waals surface area (Å²) in [6.07, 6.45) is -4.98. The lowest BCUT2D eigenvalue weighted by Gasteiger charge is -2.14. The number of halogens is 5. The fourth-order valence-electron chi connectivity index (χ4n) is 2.90. The van der Waals surface area contributed by atoms with Crippen LogP contribution in [0.4, 0.5) is 27.6 Å². The molecule has 0 spiro atoms. The minimum Gasteiger partial charge on any atom is -0.491 e. The molecule has 0 fully saturated rings. The monoisotopic (exact) mass is 471 g/mol. The fraction of sp³-hybridized carbons (Fsp3) is 0.182. The van der Waals surface area contributed by atoms with Crippen molar-refractivity contribution in [2.45, 2.75) is 31.0 Å². The second-order valence-corrected chi connectivity index (χ2v) is 8.85. The number of benzene rings is 3. The van der Waals surface area contributed by atoms with E-state index >= 15 is 0 Å². The van der Waals surface area contributed by atoms with Crippen LogP contribution in [0.3, 0.4) is 0 Å². The Kier molecular flexibility index (Phi) is 6.45. The highest BCUT2D eigenvalue weighted by atomic mass is 32.2. The predicted molar refractivity (Wildman–Crippen MR) is 110 cm³/mol. The molecule has 0 heterocycles. The number of hydrogen-bond acceptors (Lipinski definition) is 3. The normalized spacial score (nSPS) is 12.1. The van der Waals surface area contributed by atoms with E-state index in [1.165, 1.54) is 18.2 Å². The highest BCUT2D eigenvalue weighted by molar-refractivity contribution is 7.92. The highest BCUT2D eigenvalue weighted by Gasteiger charge is 2.31. The molecule has 0 atom stereocenters. The van der Waals surface area contributed by atoms with E-state index in [0.29, 0.717) is 11.6 Å². The summed E-state index contributed by atoms with van der Waals surface area (Å²) in [7, 11) is -4.54. The van der Waals surface area contributed by atoms with E-state index in [1.54, 1.807) is 13.8 Å². The molecule has 0 aliphatic rings. The van der Waals surface area contributed by atoms with Crippen LogP contribution in [0.5, 0.6) is 5.75 Å². The lowest BCUT2D eigenvalue weighted by molar-refractivity contribution is -0.137. The summed E-state index contributed by atoms with van der Waals surface area (Å²) in [5.41, 5.74) is -1.11. The topological polar surface area (TPSA) is 55.4 Å². The Morgan fingerprint density at radius 3 is 2.28 bits per heavy atom. The lowest BCUT2D eigenvalue weighted by atomic mass is 10.0. The van der Waals surface area contributed by atoms with Gasteiger partial charge in [0, 0.05) is 6.07 Å². The van der Waals surface area contributed by atoms with Crippen LogP contribution >= 0.6 is 0 Å². The van der Waals surface area contributed by atoms with Crippen LogP contribution < -0.4 is 9.46 Å². The van der Waals surface area contributed by atoms with Gasteiger partial charge in [0.1, 0.15) is 17.4 Å². The van der Waals surface area contributed by atoms with Crippen LogP contribution in [-0.4, -0.2) is 14.5 Å². The third kappa shape index (κ3) is 5.56. The Hall–Kier alpha value is -3.14. The zero-order valence-electron chi connectivity index (χ0n) is 16.9. The van der Waals surface area contributed by atoms with Crippen molar-refractivity contribution in [2.75, 3.05) is 4.72 Å². The van der Waals surface area contributed by atoms with Crippen molar-refractivity contribution in [3.63, 3.8) is 0 Å². The first-order valence-electron chi connectivity index (χ1n) is 9.32. The van der Waals surface area contributed by atoms with Gasteiger partial charge in [-0.2, -0.15) is 13.2 Å². The third-order valence-electron chi connectivity index (χ3n) is 4.26. The van der Waals surface area contributed by atoms with Gasteiger partial charge in [-0.15, -0.1) is 0 Å². The number of sulfonamides is 1. The predicted octanol–water partition coefficient (Wildman–Crippen LogP) is 6.24. The second kappa shape index (κ2) is 8.78.